The van der Waals surface area contributed by atoms with Crippen LogP contribution in [0.5, 0.6) is 5.75 Å². The lowest BCUT2D eigenvalue weighted by Gasteiger charge is -2.13. The lowest BCUT2D eigenvalue weighted by Crippen LogP contribution is -2.30. The van der Waals surface area contributed by atoms with Gasteiger partial charge in [0.25, 0.3) is 11.8 Å². The predicted molar refractivity (Wildman–Crippen MR) is 191 cm³/mol. The molecule has 0 fully saturated rings. The Hall–Kier alpha value is -5.19. The van der Waals surface area contributed by atoms with Gasteiger partial charge in [-0.15, -0.1) is 23.1 Å². The van der Waals surface area contributed by atoms with Crippen molar-refractivity contribution in [1.82, 2.24) is 10.3 Å². The van der Waals surface area contributed by atoms with Crippen LogP contribution in [0.2, 0.25) is 0 Å². The van der Waals surface area contributed by atoms with Crippen molar-refractivity contribution < 1.29 is 19.1 Å². The Morgan fingerprint density at radius 1 is 0.851 bits per heavy atom. The summed E-state index contributed by atoms with van der Waals surface area (Å²) in [6, 6.07) is 31.2. The summed E-state index contributed by atoms with van der Waals surface area (Å²) in [4.78, 5) is 45.9. The molecule has 0 aliphatic carbocycles. The lowest BCUT2D eigenvalue weighted by molar-refractivity contribution is -0.115. The number of rotatable bonds is 11. The molecule has 0 saturated heterocycles. The number of benzene rings is 4. The second kappa shape index (κ2) is 15.4. The highest BCUT2D eigenvalue weighted by molar-refractivity contribution is 8.00. The molecule has 0 spiro atoms. The largest absolute Gasteiger partial charge is 0.497 e. The molecule has 3 amide bonds. The highest BCUT2D eigenvalue weighted by atomic mass is 32.2. The average molecular weight is 663 g/mol. The van der Waals surface area contributed by atoms with E-state index in [0.717, 1.165) is 21.0 Å². The quantitative estimate of drug-likeness (QED) is 0.0978. The Labute approximate surface area is 282 Å². The van der Waals surface area contributed by atoms with E-state index in [1.54, 1.807) is 73.8 Å². The van der Waals surface area contributed by atoms with E-state index in [0.29, 0.717) is 27.7 Å². The number of thioether (sulfide) groups is 1. The summed E-state index contributed by atoms with van der Waals surface area (Å²) in [5.41, 5.74) is 4.81. The maximum Gasteiger partial charge on any atom is 0.272 e. The first-order chi connectivity index (χ1) is 22.7. The minimum absolute atomic E-state index is 0.0794. The number of anilines is 2. The minimum Gasteiger partial charge on any atom is -0.497 e. The van der Waals surface area contributed by atoms with Crippen molar-refractivity contribution >= 4 is 57.7 Å². The molecule has 10 heteroatoms. The molecule has 0 aliphatic heterocycles. The van der Waals surface area contributed by atoms with Gasteiger partial charge in [0.1, 0.15) is 11.4 Å². The first-order valence-corrected chi connectivity index (χ1v) is 16.5. The molecular formula is C37H34N4O4S2. The van der Waals surface area contributed by atoms with E-state index in [4.69, 9.17) is 4.74 Å². The van der Waals surface area contributed by atoms with E-state index in [1.807, 2.05) is 63.2 Å². The molecule has 0 saturated carbocycles. The Kier molecular flexibility index (Phi) is 10.9. The van der Waals surface area contributed by atoms with E-state index < -0.39 is 17.1 Å². The Morgan fingerprint density at radius 3 is 2.19 bits per heavy atom. The number of thiazole rings is 1. The number of hydrogen-bond acceptors (Lipinski definition) is 7. The SMILES string of the molecule is COc1ccc(/C=C(\NC(=O)c2ccccc2)C(=O)Nc2ccc(SC(C)C(=O)Nc3nc(-c4ccc(C)cc4)c(C)s3)cc2)cc1. The fraction of sp³-hybridized carbons (Fsp3) is 0.135. The molecule has 1 aromatic heterocycles. The number of ether oxygens (including phenoxy) is 1. The Bertz CT molecular complexity index is 1890. The van der Waals surface area contributed by atoms with Crippen LogP contribution in [0.25, 0.3) is 17.3 Å². The van der Waals surface area contributed by atoms with Gasteiger partial charge in [-0.05, 0) is 80.9 Å². The minimum atomic E-state index is -0.484. The fourth-order valence-corrected chi connectivity index (χ4v) is 6.22. The molecule has 1 unspecified atom stereocenters. The van der Waals surface area contributed by atoms with Gasteiger partial charge >= 0.3 is 0 Å². The second-order valence-electron chi connectivity index (χ2n) is 10.7. The number of aromatic nitrogens is 1. The standard InChI is InChI=1S/C37H34N4O4S2/c1-23-10-14-27(15-11-23)33-24(2)47-37(40-33)41-34(42)25(3)46-31-20-16-29(17-21-31)38-36(44)32(22-26-12-18-30(45-4)19-13-26)39-35(43)28-8-6-5-7-9-28/h5-22,25H,1-4H3,(H,38,44)(H,39,43)(H,40,41,42)/b32-22-. The number of carbonyl (C=O) groups excluding carboxylic acids is 3. The van der Waals surface area contributed by atoms with Crippen molar-refractivity contribution in [2.45, 2.75) is 30.9 Å². The van der Waals surface area contributed by atoms with Crippen LogP contribution >= 0.6 is 23.1 Å². The smallest absolute Gasteiger partial charge is 0.272 e. The number of carbonyl (C=O) groups is 3. The number of methoxy groups -OCH3 is 1. The van der Waals surface area contributed by atoms with E-state index >= 15 is 0 Å². The highest BCUT2D eigenvalue weighted by Gasteiger charge is 2.19. The Morgan fingerprint density at radius 2 is 1.53 bits per heavy atom. The van der Waals surface area contributed by atoms with Gasteiger partial charge in [0.15, 0.2) is 5.13 Å². The average Bonchev–Trinajstić information content (AvgIpc) is 3.45. The molecular weight excluding hydrogens is 629 g/mol. The molecule has 5 rings (SSSR count). The third-order valence-corrected chi connectivity index (χ3v) is 9.10. The van der Waals surface area contributed by atoms with Crippen LogP contribution in [0, 0.1) is 13.8 Å². The normalized spacial score (nSPS) is 11.8. The Balaban J connectivity index is 1.22. The van der Waals surface area contributed by atoms with Crippen molar-refractivity contribution in [1.29, 1.82) is 0 Å². The van der Waals surface area contributed by atoms with Gasteiger partial charge in [-0.3, -0.25) is 14.4 Å². The van der Waals surface area contributed by atoms with Crippen LogP contribution in [-0.4, -0.2) is 35.1 Å². The van der Waals surface area contributed by atoms with Crippen LogP contribution < -0.4 is 20.7 Å². The number of nitrogens with zero attached hydrogens (tertiary/aromatic N) is 1. The van der Waals surface area contributed by atoms with Crippen LogP contribution in [0.15, 0.2) is 114 Å². The first kappa shape index (κ1) is 33.2. The summed E-state index contributed by atoms with van der Waals surface area (Å²) in [6.07, 6.45) is 1.60. The maximum absolute atomic E-state index is 13.4. The molecule has 47 heavy (non-hydrogen) atoms. The van der Waals surface area contributed by atoms with Crippen LogP contribution in [0.3, 0.4) is 0 Å². The summed E-state index contributed by atoms with van der Waals surface area (Å²) in [5.74, 6) is -0.364. The van der Waals surface area contributed by atoms with Gasteiger partial charge in [0, 0.05) is 26.6 Å². The molecule has 238 valence electrons. The van der Waals surface area contributed by atoms with E-state index in [1.165, 1.54) is 28.7 Å². The highest BCUT2D eigenvalue weighted by Crippen LogP contribution is 2.32. The maximum atomic E-state index is 13.4. The van der Waals surface area contributed by atoms with E-state index in [-0.39, 0.29) is 11.6 Å². The molecule has 8 nitrogen and oxygen atoms in total. The van der Waals surface area contributed by atoms with E-state index in [9.17, 15) is 14.4 Å². The third kappa shape index (κ3) is 8.96. The predicted octanol–water partition coefficient (Wildman–Crippen LogP) is 7.96. The first-order valence-electron chi connectivity index (χ1n) is 14.8. The topological polar surface area (TPSA) is 109 Å². The molecule has 0 radical (unpaired) electrons. The summed E-state index contributed by atoms with van der Waals surface area (Å²) in [5, 5.41) is 8.72. The number of aryl methyl sites for hydroxylation is 2. The zero-order chi connectivity index (χ0) is 33.3. The number of amides is 3. The summed E-state index contributed by atoms with van der Waals surface area (Å²) in [6.45, 7) is 5.87. The van der Waals surface area contributed by atoms with Crippen molar-refractivity contribution in [2.75, 3.05) is 17.7 Å². The number of hydrogen-bond donors (Lipinski definition) is 3. The molecule has 3 N–H and O–H groups in total. The van der Waals surface area contributed by atoms with Crippen molar-refractivity contribution in [3.8, 4) is 17.0 Å². The lowest BCUT2D eigenvalue weighted by atomic mass is 10.1. The van der Waals surface area contributed by atoms with Gasteiger partial charge in [-0.2, -0.15) is 0 Å². The molecule has 4 aromatic carbocycles. The van der Waals surface area contributed by atoms with E-state index in [2.05, 4.69) is 20.9 Å². The van der Waals surface area contributed by atoms with Crippen molar-refractivity contribution in [3.63, 3.8) is 0 Å². The zero-order valence-corrected chi connectivity index (χ0v) is 28.0. The molecule has 1 atom stereocenters. The van der Waals surface area contributed by atoms with Crippen LogP contribution in [0.4, 0.5) is 10.8 Å². The van der Waals surface area contributed by atoms with Crippen LogP contribution in [-0.2, 0) is 9.59 Å². The van der Waals surface area contributed by atoms with Gasteiger partial charge in [-0.1, -0.05) is 60.2 Å². The van der Waals surface area contributed by atoms with Gasteiger partial charge in [-0.25, -0.2) is 4.98 Å². The second-order valence-corrected chi connectivity index (χ2v) is 13.3. The van der Waals surface area contributed by atoms with Gasteiger partial charge in [0.2, 0.25) is 5.91 Å². The summed E-state index contributed by atoms with van der Waals surface area (Å²) in [7, 11) is 1.58. The van der Waals surface area contributed by atoms with Gasteiger partial charge < -0.3 is 20.7 Å². The number of nitrogens with one attached hydrogen (secondary N) is 3. The fourth-order valence-electron chi connectivity index (χ4n) is 4.52. The molecule has 5 aromatic rings. The van der Waals surface area contributed by atoms with Crippen LogP contribution in [0.1, 0.15) is 33.3 Å². The zero-order valence-electron chi connectivity index (χ0n) is 26.4. The summed E-state index contributed by atoms with van der Waals surface area (Å²) >= 11 is 2.85. The van der Waals surface area contributed by atoms with Crippen molar-refractivity contribution in [3.05, 3.63) is 130 Å². The monoisotopic (exact) mass is 662 g/mol. The molecule has 1 heterocycles. The van der Waals surface area contributed by atoms with Gasteiger partial charge in [0.05, 0.1) is 18.1 Å². The third-order valence-electron chi connectivity index (χ3n) is 7.10. The van der Waals surface area contributed by atoms with Crippen molar-refractivity contribution in [2.24, 2.45) is 0 Å². The molecule has 0 bridgehead atoms. The molecule has 0 aliphatic rings. The summed E-state index contributed by atoms with van der Waals surface area (Å²) < 4.78 is 5.22.